The van der Waals surface area contributed by atoms with Crippen LogP contribution in [0.15, 0.2) is 18.3 Å². The zero-order chi connectivity index (χ0) is 9.97. The number of nitrogens with zero attached hydrogens (tertiary/aromatic N) is 3. The van der Waals surface area contributed by atoms with Crippen molar-refractivity contribution >= 4 is 17.2 Å². The fraction of sp³-hybridized carbons (Fsp3) is 0.333. The lowest BCUT2D eigenvalue weighted by Gasteiger charge is -2.02. The summed E-state index contributed by atoms with van der Waals surface area (Å²) in [6.45, 7) is 2.72. The number of hydrogen-bond acceptors (Lipinski definition) is 3. The van der Waals surface area contributed by atoms with E-state index in [1.807, 2.05) is 13.0 Å². The molecular weight excluding hydrogens is 202 g/mol. The fourth-order valence-corrected chi connectivity index (χ4v) is 1.30. The van der Waals surface area contributed by atoms with E-state index in [2.05, 4.69) is 10.1 Å². The Kier molecular flexibility index (Phi) is 2.54. The van der Waals surface area contributed by atoms with Crippen LogP contribution in [0.4, 0.5) is 0 Å². The van der Waals surface area contributed by atoms with E-state index in [-0.39, 0.29) is 0 Å². The molecule has 0 unspecified atom stereocenters. The summed E-state index contributed by atoms with van der Waals surface area (Å²) in [5.41, 5.74) is 0.721. The van der Waals surface area contributed by atoms with E-state index in [1.54, 1.807) is 16.8 Å². The number of imidazole rings is 1. The van der Waals surface area contributed by atoms with Gasteiger partial charge in [-0.2, -0.15) is 0 Å². The molecule has 14 heavy (non-hydrogen) atoms. The number of fused-ring (bicyclic) bond motifs is 1. The number of ether oxygens (including phenoxy) is 1. The normalized spacial score (nSPS) is 10.7. The summed E-state index contributed by atoms with van der Waals surface area (Å²) in [5, 5.41) is 4.62. The van der Waals surface area contributed by atoms with E-state index in [0.717, 1.165) is 12.1 Å². The van der Waals surface area contributed by atoms with Crippen molar-refractivity contribution in [1.82, 2.24) is 14.6 Å². The monoisotopic (exact) mass is 211 g/mol. The van der Waals surface area contributed by atoms with Crippen LogP contribution >= 0.6 is 11.6 Å². The van der Waals surface area contributed by atoms with Crippen LogP contribution in [0.3, 0.4) is 0 Å². The van der Waals surface area contributed by atoms with Crippen molar-refractivity contribution in [3.8, 4) is 5.88 Å². The van der Waals surface area contributed by atoms with E-state index in [9.17, 15) is 0 Å². The number of aromatic nitrogens is 3. The molecule has 74 valence electrons. The minimum atomic E-state index is 0.435. The minimum absolute atomic E-state index is 0.435. The molecule has 2 heterocycles. The average Bonchev–Trinajstić information content (AvgIpc) is 2.54. The molecule has 0 saturated heterocycles. The highest BCUT2D eigenvalue weighted by Gasteiger charge is 2.01. The Balaban J connectivity index is 2.31. The molecule has 2 rings (SSSR count). The van der Waals surface area contributed by atoms with Gasteiger partial charge in [0.25, 0.3) is 0 Å². The molecule has 0 aliphatic carbocycles. The van der Waals surface area contributed by atoms with E-state index in [0.29, 0.717) is 17.6 Å². The maximum absolute atomic E-state index is 5.73. The molecular formula is C9H10ClN3O. The molecule has 0 aliphatic rings. The van der Waals surface area contributed by atoms with Crippen molar-refractivity contribution in [3.63, 3.8) is 0 Å². The summed E-state index contributed by atoms with van der Waals surface area (Å²) in [4.78, 5) is 4.04. The molecule has 0 aliphatic heterocycles. The van der Waals surface area contributed by atoms with Crippen LogP contribution in [0, 0.1) is 0 Å². The SMILES string of the molecule is CCCOc1ccc2nc(Cl)cn2n1. The summed E-state index contributed by atoms with van der Waals surface area (Å²) in [6, 6.07) is 3.61. The first-order chi connectivity index (χ1) is 6.79. The zero-order valence-electron chi connectivity index (χ0n) is 7.77. The molecule has 4 nitrogen and oxygen atoms in total. The molecule has 5 heteroatoms. The van der Waals surface area contributed by atoms with Gasteiger partial charge in [-0.15, -0.1) is 5.10 Å². The van der Waals surface area contributed by atoms with Crippen molar-refractivity contribution in [2.24, 2.45) is 0 Å². The molecule has 0 N–H and O–H groups in total. The second-order valence-corrected chi connectivity index (χ2v) is 3.27. The van der Waals surface area contributed by atoms with Crippen LogP contribution < -0.4 is 4.74 Å². The summed E-state index contributed by atoms with van der Waals surface area (Å²) in [5.74, 6) is 0.591. The Bertz CT molecular complexity index is 441. The number of hydrogen-bond donors (Lipinski definition) is 0. The van der Waals surface area contributed by atoms with E-state index < -0.39 is 0 Å². The Hall–Kier alpha value is -1.29. The molecule has 2 aromatic rings. The van der Waals surface area contributed by atoms with Crippen LogP contribution in [-0.2, 0) is 0 Å². The Morgan fingerprint density at radius 1 is 1.50 bits per heavy atom. The van der Waals surface area contributed by atoms with Gasteiger partial charge in [0.15, 0.2) is 5.65 Å². The third-order valence-corrected chi connectivity index (χ3v) is 1.90. The largest absolute Gasteiger partial charge is 0.477 e. The van der Waals surface area contributed by atoms with Crippen LogP contribution in [0.25, 0.3) is 5.65 Å². The maximum atomic E-state index is 5.73. The smallest absolute Gasteiger partial charge is 0.231 e. The molecule has 0 spiro atoms. The quantitative estimate of drug-likeness (QED) is 0.781. The second kappa shape index (κ2) is 3.84. The molecule has 2 aromatic heterocycles. The van der Waals surface area contributed by atoms with Crippen molar-refractivity contribution in [1.29, 1.82) is 0 Å². The average molecular weight is 212 g/mol. The number of halogens is 1. The third kappa shape index (κ3) is 1.80. The summed E-state index contributed by atoms with van der Waals surface area (Å²) < 4.78 is 6.97. The fourth-order valence-electron chi connectivity index (χ4n) is 1.12. The first kappa shape index (κ1) is 9.27. The summed E-state index contributed by atoms with van der Waals surface area (Å²) in [7, 11) is 0. The van der Waals surface area contributed by atoms with Gasteiger partial charge in [0.1, 0.15) is 5.15 Å². The van der Waals surface area contributed by atoms with Crippen LogP contribution in [0.1, 0.15) is 13.3 Å². The van der Waals surface area contributed by atoms with Gasteiger partial charge in [-0.1, -0.05) is 18.5 Å². The predicted octanol–water partition coefficient (Wildman–Crippen LogP) is 2.17. The third-order valence-electron chi connectivity index (χ3n) is 1.72. The molecule has 0 saturated carbocycles. The van der Waals surface area contributed by atoms with E-state index in [1.165, 1.54) is 0 Å². The zero-order valence-corrected chi connectivity index (χ0v) is 8.53. The molecule has 0 fully saturated rings. The summed E-state index contributed by atoms with van der Waals surface area (Å²) >= 11 is 5.73. The second-order valence-electron chi connectivity index (χ2n) is 2.89. The lowest BCUT2D eigenvalue weighted by Crippen LogP contribution is -2.00. The van der Waals surface area contributed by atoms with Gasteiger partial charge in [-0.05, 0) is 12.5 Å². The molecule has 0 atom stereocenters. The van der Waals surface area contributed by atoms with Gasteiger partial charge in [0.05, 0.1) is 12.8 Å². The van der Waals surface area contributed by atoms with Crippen LogP contribution in [0.5, 0.6) is 5.88 Å². The van der Waals surface area contributed by atoms with Gasteiger partial charge in [0, 0.05) is 6.07 Å². The standard InChI is InChI=1S/C9H10ClN3O/c1-2-5-14-9-4-3-8-11-7(10)6-13(8)12-9/h3-4,6H,2,5H2,1H3. The van der Waals surface area contributed by atoms with Crippen LogP contribution in [-0.4, -0.2) is 21.2 Å². The molecule has 0 bridgehead atoms. The Morgan fingerprint density at radius 3 is 3.14 bits per heavy atom. The van der Waals surface area contributed by atoms with Crippen LogP contribution in [0.2, 0.25) is 5.15 Å². The van der Waals surface area contributed by atoms with Gasteiger partial charge >= 0.3 is 0 Å². The highest BCUT2D eigenvalue weighted by atomic mass is 35.5. The van der Waals surface area contributed by atoms with E-state index >= 15 is 0 Å². The maximum Gasteiger partial charge on any atom is 0.231 e. The lowest BCUT2D eigenvalue weighted by atomic mass is 10.5. The van der Waals surface area contributed by atoms with Crippen molar-refractivity contribution < 1.29 is 4.74 Å². The molecule has 0 radical (unpaired) electrons. The summed E-state index contributed by atoms with van der Waals surface area (Å²) in [6.07, 6.45) is 2.61. The first-order valence-electron chi connectivity index (χ1n) is 4.44. The topological polar surface area (TPSA) is 39.4 Å². The lowest BCUT2D eigenvalue weighted by molar-refractivity contribution is 0.300. The molecule has 0 aromatic carbocycles. The number of rotatable bonds is 3. The predicted molar refractivity (Wildman–Crippen MR) is 53.8 cm³/mol. The highest BCUT2D eigenvalue weighted by Crippen LogP contribution is 2.12. The van der Waals surface area contributed by atoms with Gasteiger partial charge in [-0.3, -0.25) is 0 Å². The highest BCUT2D eigenvalue weighted by molar-refractivity contribution is 6.29. The van der Waals surface area contributed by atoms with Crippen molar-refractivity contribution in [2.45, 2.75) is 13.3 Å². The van der Waals surface area contributed by atoms with E-state index in [4.69, 9.17) is 16.3 Å². The van der Waals surface area contributed by atoms with Gasteiger partial charge in [0.2, 0.25) is 5.88 Å². The Morgan fingerprint density at radius 2 is 2.36 bits per heavy atom. The first-order valence-corrected chi connectivity index (χ1v) is 4.82. The Labute approximate surface area is 86.5 Å². The minimum Gasteiger partial charge on any atom is -0.477 e. The van der Waals surface area contributed by atoms with Crippen molar-refractivity contribution in [3.05, 3.63) is 23.5 Å². The van der Waals surface area contributed by atoms with Gasteiger partial charge in [-0.25, -0.2) is 9.50 Å². The van der Waals surface area contributed by atoms with Crippen molar-refractivity contribution in [2.75, 3.05) is 6.61 Å². The molecule has 0 amide bonds. The van der Waals surface area contributed by atoms with Gasteiger partial charge < -0.3 is 4.74 Å².